The second kappa shape index (κ2) is 10.7. The highest BCUT2D eigenvalue weighted by molar-refractivity contribution is 8.16. The molecule has 0 saturated carbocycles. The van der Waals surface area contributed by atoms with Gasteiger partial charge in [-0.15, -0.1) is 0 Å². The van der Waals surface area contributed by atoms with Crippen molar-refractivity contribution in [3.8, 4) is 0 Å². The lowest BCUT2D eigenvalue weighted by atomic mass is 9.92. The molecule has 8 heteroatoms. The van der Waals surface area contributed by atoms with E-state index < -0.39 is 6.04 Å². The van der Waals surface area contributed by atoms with Crippen LogP contribution in [0.4, 0.5) is 5.69 Å². The van der Waals surface area contributed by atoms with Gasteiger partial charge in [-0.1, -0.05) is 59.8 Å². The van der Waals surface area contributed by atoms with E-state index in [1.165, 1.54) is 11.8 Å². The molecule has 2 heterocycles. The minimum atomic E-state index is -0.399. The number of rotatable bonds is 8. The van der Waals surface area contributed by atoms with Crippen LogP contribution in [0, 0.1) is 6.92 Å². The minimum absolute atomic E-state index is 0.102. The van der Waals surface area contributed by atoms with Crippen LogP contribution in [0.5, 0.6) is 0 Å². The van der Waals surface area contributed by atoms with Crippen molar-refractivity contribution >= 4 is 34.4 Å². The smallest absolute Gasteiger partial charge is 0.255 e. The fraction of sp³-hybridized carbons (Fsp3) is 0.269. The van der Waals surface area contributed by atoms with E-state index in [1.807, 2.05) is 72.7 Å². The first-order valence-corrected chi connectivity index (χ1v) is 12.0. The predicted molar refractivity (Wildman–Crippen MR) is 136 cm³/mol. The van der Waals surface area contributed by atoms with Gasteiger partial charge in [0.2, 0.25) is 5.91 Å². The number of thioether (sulfide) groups is 1. The number of amides is 2. The van der Waals surface area contributed by atoms with Crippen LogP contribution >= 0.6 is 11.8 Å². The Labute approximate surface area is 204 Å². The van der Waals surface area contributed by atoms with Crippen molar-refractivity contribution in [3.05, 3.63) is 88.1 Å². The topological polar surface area (TPSA) is 83.0 Å². The van der Waals surface area contributed by atoms with E-state index in [0.29, 0.717) is 24.4 Å². The number of anilines is 1. The highest BCUT2D eigenvalue weighted by atomic mass is 32.2. The van der Waals surface area contributed by atoms with Gasteiger partial charge in [0.25, 0.3) is 5.91 Å². The van der Waals surface area contributed by atoms with Crippen LogP contribution in [0.15, 0.2) is 82.0 Å². The van der Waals surface area contributed by atoms with Gasteiger partial charge in [-0.3, -0.25) is 9.59 Å². The van der Waals surface area contributed by atoms with E-state index in [1.54, 1.807) is 7.11 Å². The van der Waals surface area contributed by atoms with E-state index in [0.717, 1.165) is 27.7 Å². The van der Waals surface area contributed by atoms with Gasteiger partial charge in [0, 0.05) is 25.0 Å². The first-order valence-electron chi connectivity index (χ1n) is 11.1. The van der Waals surface area contributed by atoms with E-state index in [2.05, 4.69) is 16.7 Å². The standard InChI is InChI=1S/C26H28N4O3S/c1-17-8-7-9-19(14-17)24-23(25(32)29-20-10-5-4-6-11-20)18(2)28-26-30(24)21(16-34-26)15-22(31)27-12-13-33-3/h4-11,14,16,24H,12-13,15H2,1-3H3,(H,27,31)(H,29,32)/t24-/m0/s1. The quantitative estimate of drug-likeness (QED) is 0.553. The highest BCUT2D eigenvalue weighted by Gasteiger charge is 2.40. The molecule has 7 nitrogen and oxygen atoms in total. The van der Waals surface area contributed by atoms with Crippen molar-refractivity contribution in [2.45, 2.75) is 26.3 Å². The molecule has 0 unspecified atom stereocenters. The molecule has 0 bridgehead atoms. The van der Waals surface area contributed by atoms with Gasteiger partial charge in [-0.05, 0) is 37.0 Å². The Hall–Kier alpha value is -3.36. The number of allylic oxidation sites excluding steroid dienone is 1. The molecule has 0 radical (unpaired) electrons. The number of benzene rings is 2. The zero-order valence-corrected chi connectivity index (χ0v) is 20.3. The summed E-state index contributed by atoms with van der Waals surface area (Å²) in [7, 11) is 1.60. The average molecular weight is 477 g/mol. The van der Waals surface area contributed by atoms with Crippen molar-refractivity contribution in [2.24, 2.45) is 4.99 Å². The number of aryl methyl sites for hydroxylation is 1. The summed E-state index contributed by atoms with van der Waals surface area (Å²) in [6.07, 6.45) is 0.185. The summed E-state index contributed by atoms with van der Waals surface area (Å²) in [5.41, 5.74) is 4.82. The van der Waals surface area contributed by atoms with Gasteiger partial charge in [0.05, 0.1) is 30.3 Å². The number of nitrogens with zero attached hydrogens (tertiary/aromatic N) is 2. The van der Waals surface area contributed by atoms with E-state index in [-0.39, 0.29) is 18.2 Å². The number of carbonyl (C=O) groups excluding carboxylic acids is 2. The molecule has 0 fully saturated rings. The maximum absolute atomic E-state index is 13.6. The van der Waals surface area contributed by atoms with E-state index in [9.17, 15) is 9.59 Å². The molecule has 2 N–H and O–H groups in total. The zero-order valence-electron chi connectivity index (χ0n) is 19.5. The van der Waals surface area contributed by atoms with Crippen LogP contribution in [0.3, 0.4) is 0 Å². The molecule has 34 heavy (non-hydrogen) atoms. The molecule has 176 valence electrons. The molecule has 1 atom stereocenters. The second-order valence-corrected chi connectivity index (χ2v) is 8.98. The number of methoxy groups -OCH3 is 1. The van der Waals surface area contributed by atoms with Gasteiger partial charge in [-0.2, -0.15) is 0 Å². The van der Waals surface area contributed by atoms with E-state index >= 15 is 0 Å². The van der Waals surface area contributed by atoms with Crippen molar-refractivity contribution in [1.82, 2.24) is 10.2 Å². The molecule has 0 spiro atoms. The van der Waals surface area contributed by atoms with Crippen LogP contribution in [-0.4, -0.2) is 42.1 Å². The van der Waals surface area contributed by atoms with Crippen LogP contribution in [0.25, 0.3) is 0 Å². The zero-order chi connectivity index (χ0) is 24.1. The predicted octanol–water partition coefficient (Wildman–Crippen LogP) is 4.36. The van der Waals surface area contributed by atoms with Gasteiger partial charge in [-0.25, -0.2) is 4.99 Å². The summed E-state index contributed by atoms with van der Waals surface area (Å²) in [6, 6.07) is 17.1. The first-order chi connectivity index (χ1) is 16.5. The molecule has 4 rings (SSSR count). The van der Waals surface area contributed by atoms with Crippen LogP contribution in [-0.2, 0) is 14.3 Å². The fourth-order valence-corrected chi connectivity index (χ4v) is 5.02. The molecular weight excluding hydrogens is 448 g/mol. The van der Waals surface area contributed by atoms with Gasteiger partial charge in [0.1, 0.15) is 0 Å². The number of hydrogen-bond acceptors (Lipinski definition) is 6. The lowest BCUT2D eigenvalue weighted by Crippen LogP contribution is -2.39. The molecular formula is C26H28N4O3S. The van der Waals surface area contributed by atoms with Gasteiger partial charge >= 0.3 is 0 Å². The minimum Gasteiger partial charge on any atom is -0.383 e. The summed E-state index contributed by atoms with van der Waals surface area (Å²) in [5, 5.41) is 8.60. The van der Waals surface area contributed by atoms with Crippen molar-refractivity contribution in [1.29, 1.82) is 0 Å². The Morgan fingerprint density at radius 1 is 1.12 bits per heavy atom. The number of nitrogens with one attached hydrogen (secondary N) is 2. The summed E-state index contributed by atoms with van der Waals surface area (Å²) in [4.78, 5) is 32.9. The molecule has 2 aliphatic heterocycles. The lowest BCUT2D eigenvalue weighted by Gasteiger charge is -2.36. The van der Waals surface area contributed by atoms with Crippen molar-refractivity contribution in [2.75, 3.05) is 25.6 Å². The van der Waals surface area contributed by atoms with Crippen LogP contribution in [0.2, 0.25) is 0 Å². The van der Waals surface area contributed by atoms with E-state index in [4.69, 9.17) is 9.73 Å². The third kappa shape index (κ3) is 5.24. The molecule has 2 aliphatic rings. The monoisotopic (exact) mass is 476 g/mol. The number of fused-ring (bicyclic) bond motifs is 1. The molecule has 0 aromatic heterocycles. The Kier molecular flexibility index (Phi) is 7.49. The molecule has 2 aromatic carbocycles. The Bertz CT molecular complexity index is 1170. The Morgan fingerprint density at radius 2 is 1.91 bits per heavy atom. The Balaban J connectivity index is 1.68. The van der Waals surface area contributed by atoms with Gasteiger partial charge < -0.3 is 20.3 Å². The molecule has 2 aromatic rings. The maximum Gasteiger partial charge on any atom is 0.255 e. The Morgan fingerprint density at radius 3 is 2.65 bits per heavy atom. The fourth-order valence-electron chi connectivity index (χ4n) is 4.05. The normalized spacial score (nSPS) is 17.1. The number of aliphatic imine (C=N–C) groups is 1. The summed E-state index contributed by atoms with van der Waals surface area (Å²) in [5.74, 6) is -0.312. The number of carbonyl (C=O) groups is 2. The maximum atomic E-state index is 13.6. The first kappa shape index (κ1) is 23.8. The molecule has 2 amide bonds. The summed E-state index contributed by atoms with van der Waals surface area (Å²) < 4.78 is 5.02. The highest BCUT2D eigenvalue weighted by Crippen LogP contribution is 2.44. The summed E-state index contributed by atoms with van der Waals surface area (Å²) in [6.45, 7) is 4.79. The van der Waals surface area contributed by atoms with Crippen LogP contribution in [0.1, 0.15) is 30.5 Å². The number of ether oxygens (including phenoxy) is 1. The lowest BCUT2D eigenvalue weighted by molar-refractivity contribution is -0.120. The third-order valence-corrected chi connectivity index (χ3v) is 6.49. The largest absolute Gasteiger partial charge is 0.383 e. The third-order valence-electron chi connectivity index (χ3n) is 5.60. The SMILES string of the molecule is COCCNC(=O)CC1=CSC2=NC(C)=C(C(=O)Nc3ccccc3)[C@H](c3cccc(C)c3)N12. The van der Waals surface area contributed by atoms with Crippen molar-refractivity contribution < 1.29 is 14.3 Å². The van der Waals surface area contributed by atoms with Gasteiger partial charge in [0.15, 0.2) is 5.17 Å². The molecule has 0 saturated heterocycles. The number of amidine groups is 1. The number of para-hydroxylation sites is 1. The summed E-state index contributed by atoms with van der Waals surface area (Å²) >= 11 is 1.47. The second-order valence-electron chi connectivity index (χ2n) is 8.15. The van der Waals surface area contributed by atoms with Crippen LogP contribution < -0.4 is 10.6 Å². The molecule has 0 aliphatic carbocycles. The van der Waals surface area contributed by atoms with Crippen molar-refractivity contribution in [3.63, 3.8) is 0 Å². The average Bonchev–Trinajstić information content (AvgIpc) is 3.20. The number of hydrogen-bond donors (Lipinski definition) is 2.